The molecule has 1 heterocycles. The summed E-state index contributed by atoms with van der Waals surface area (Å²) in [5, 5.41) is 18.6. The number of hydrogen-bond acceptors (Lipinski definition) is 4. The van der Waals surface area contributed by atoms with Crippen molar-refractivity contribution >= 4 is 0 Å². The first kappa shape index (κ1) is 11.7. The van der Waals surface area contributed by atoms with E-state index in [1.807, 2.05) is 12.1 Å². The Labute approximate surface area is 111 Å². The Balaban J connectivity index is 1.98. The standard InChI is InChI=1S/C15H13N3O/c16-7-9-1-3-11(19)5-13(9)15-4-2-10(8-18-15)12-6-14(12)17/h1-5,8,12,14,19H,6,17H2/t12-,14+/m1/s1. The van der Waals surface area contributed by atoms with E-state index in [1.54, 1.807) is 18.3 Å². The van der Waals surface area contributed by atoms with Crippen LogP contribution in [0.15, 0.2) is 36.5 Å². The summed E-state index contributed by atoms with van der Waals surface area (Å²) >= 11 is 0. The highest BCUT2D eigenvalue weighted by Gasteiger charge is 2.34. The van der Waals surface area contributed by atoms with Crippen molar-refractivity contribution < 1.29 is 5.11 Å². The molecule has 0 bridgehead atoms. The number of nitriles is 1. The van der Waals surface area contributed by atoms with Crippen molar-refractivity contribution in [1.29, 1.82) is 5.26 Å². The van der Waals surface area contributed by atoms with Crippen LogP contribution < -0.4 is 5.73 Å². The first-order chi connectivity index (χ1) is 9.19. The maximum Gasteiger partial charge on any atom is 0.116 e. The molecule has 2 aromatic rings. The Bertz CT molecular complexity index is 658. The Morgan fingerprint density at radius 2 is 2.11 bits per heavy atom. The molecule has 1 fully saturated rings. The Morgan fingerprint density at radius 1 is 1.32 bits per heavy atom. The Hall–Kier alpha value is -2.38. The number of benzene rings is 1. The minimum atomic E-state index is 0.129. The molecule has 0 spiro atoms. The van der Waals surface area contributed by atoms with Crippen LogP contribution in [-0.2, 0) is 0 Å². The quantitative estimate of drug-likeness (QED) is 0.856. The molecule has 0 aliphatic heterocycles. The average Bonchev–Trinajstić information content (AvgIpc) is 3.16. The van der Waals surface area contributed by atoms with Gasteiger partial charge in [0.05, 0.1) is 17.3 Å². The molecule has 3 N–H and O–H groups in total. The number of rotatable bonds is 2. The molecule has 0 saturated heterocycles. The van der Waals surface area contributed by atoms with Crippen LogP contribution in [-0.4, -0.2) is 16.1 Å². The summed E-state index contributed by atoms with van der Waals surface area (Å²) in [4.78, 5) is 4.38. The molecule has 0 radical (unpaired) electrons. The fourth-order valence-electron chi connectivity index (χ4n) is 2.22. The third-order valence-corrected chi connectivity index (χ3v) is 3.45. The van der Waals surface area contributed by atoms with Gasteiger partial charge in [-0.2, -0.15) is 5.26 Å². The van der Waals surface area contributed by atoms with Gasteiger partial charge in [-0.05, 0) is 36.2 Å². The van der Waals surface area contributed by atoms with Crippen molar-refractivity contribution in [2.75, 3.05) is 0 Å². The smallest absolute Gasteiger partial charge is 0.116 e. The van der Waals surface area contributed by atoms with Crippen LogP contribution in [0.3, 0.4) is 0 Å². The van der Waals surface area contributed by atoms with Gasteiger partial charge in [-0.1, -0.05) is 6.07 Å². The molecule has 0 unspecified atom stereocenters. The molecule has 3 rings (SSSR count). The van der Waals surface area contributed by atoms with Crippen molar-refractivity contribution in [3.05, 3.63) is 47.7 Å². The molecule has 19 heavy (non-hydrogen) atoms. The summed E-state index contributed by atoms with van der Waals surface area (Å²) in [6, 6.07) is 10.9. The zero-order chi connectivity index (χ0) is 13.4. The number of phenols is 1. The van der Waals surface area contributed by atoms with Gasteiger partial charge in [-0.3, -0.25) is 4.98 Å². The van der Waals surface area contributed by atoms with Crippen molar-refractivity contribution in [1.82, 2.24) is 4.98 Å². The molecule has 0 amide bonds. The number of aromatic nitrogens is 1. The average molecular weight is 251 g/mol. The van der Waals surface area contributed by atoms with Crippen LogP contribution in [0, 0.1) is 11.3 Å². The second-order valence-corrected chi connectivity index (χ2v) is 4.82. The molecule has 94 valence electrons. The molecule has 4 nitrogen and oxygen atoms in total. The Kier molecular flexibility index (Phi) is 2.69. The van der Waals surface area contributed by atoms with Gasteiger partial charge in [0.1, 0.15) is 5.75 Å². The molecule has 2 atom stereocenters. The van der Waals surface area contributed by atoms with E-state index in [0.29, 0.717) is 22.7 Å². The van der Waals surface area contributed by atoms with Crippen LogP contribution in [0.25, 0.3) is 11.3 Å². The lowest BCUT2D eigenvalue weighted by Crippen LogP contribution is -2.01. The summed E-state index contributed by atoms with van der Waals surface area (Å²) in [5.74, 6) is 0.547. The lowest BCUT2D eigenvalue weighted by Gasteiger charge is -2.05. The lowest BCUT2D eigenvalue weighted by molar-refractivity contribution is 0.475. The number of nitrogens with two attached hydrogens (primary N) is 1. The fraction of sp³-hybridized carbons (Fsp3) is 0.200. The number of nitrogens with zero attached hydrogens (tertiary/aromatic N) is 2. The summed E-state index contributed by atoms with van der Waals surface area (Å²) < 4.78 is 0. The largest absolute Gasteiger partial charge is 0.508 e. The van der Waals surface area contributed by atoms with E-state index in [0.717, 1.165) is 12.0 Å². The molecule has 1 aliphatic carbocycles. The molecule has 1 saturated carbocycles. The van der Waals surface area contributed by atoms with Gasteiger partial charge in [0, 0.05) is 23.7 Å². The number of aromatic hydroxyl groups is 1. The molecular formula is C15H13N3O. The van der Waals surface area contributed by atoms with E-state index in [9.17, 15) is 5.11 Å². The van der Waals surface area contributed by atoms with Gasteiger partial charge in [-0.25, -0.2) is 0 Å². The monoisotopic (exact) mass is 251 g/mol. The maximum atomic E-state index is 9.53. The molecule has 1 aliphatic rings. The van der Waals surface area contributed by atoms with Gasteiger partial charge in [0.15, 0.2) is 0 Å². The second kappa shape index (κ2) is 4.38. The molecular weight excluding hydrogens is 238 g/mol. The number of phenolic OH excluding ortho intramolecular Hbond substituents is 1. The minimum Gasteiger partial charge on any atom is -0.508 e. The third-order valence-electron chi connectivity index (χ3n) is 3.45. The van der Waals surface area contributed by atoms with E-state index in [1.165, 1.54) is 6.07 Å². The van der Waals surface area contributed by atoms with E-state index in [-0.39, 0.29) is 11.8 Å². The zero-order valence-corrected chi connectivity index (χ0v) is 10.2. The van der Waals surface area contributed by atoms with Crippen LogP contribution in [0.5, 0.6) is 5.75 Å². The van der Waals surface area contributed by atoms with Crippen molar-refractivity contribution in [2.45, 2.75) is 18.4 Å². The van der Waals surface area contributed by atoms with Crippen molar-refractivity contribution in [3.8, 4) is 23.1 Å². The predicted octanol–water partition coefficient (Wildman–Crippen LogP) is 2.14. The van der Waals surface area contributed by atoms with Gasteiger partial charge in [-0.15, -0.1) is 0 Å². The number of hydrogen-bond donors (Lipinski definition) is 2. The second-order valence-electron chi connectivity index (χ2n) is 4.82. The summed E-state index contributed by atoms with van der Waals surface area (Å²) in [6.07, 6.45) is 2.81. The highest BCUT2D eigenvalue weighted by molar-refractivity contribution is 5.69. The molecule has 4 heteroatoms. The van der Waals surface area contributed by atoms with Gasteiger partial charge >= 0.3 is 0 Å². The van der Waals surface area contributed by atoms with Crippen molar-refractivity contribution in [3.63, 3.8) is 0 Å². The highest BCUT2D eigenvalue weighted by atomic mass is 16.3. The van der Waals surface area contributed by atoms with E-state index in [4.69, 9.17) is 11.0 Å². The third kappa shape index (κ3) is 2.16. The maximum absolute atomic E-state index is 9.53. The van der Waals surface area contributed by atoms with E-state index >= 15 is 0 Å². The fourth-order valence-corrected chi connectivity index (χ4v) is 2.22. The zero-order valence-electron chi connectivity index (χ0n) is 10.2. The van der Waals surface area contributed by atoms with Crippen LogP contribution in [0.1, 0.15) is 23.5 Å². The van der Waals surface area contributed by atoms with Gasteiger partial charge in [0.25, 0.3) is 0 Å². The minimum absolute atomic E-state index is 0.129. The highest BCUT2D eigenvalue weighted by Crippen LogP contribution is 2.39. The summed E-state index contributed by atoms with van der Waals surface area (Å²) in [7, 11) is 0. The predicted molar refractivity (Wildman–Crippen MR) is 71.4 cm³/mol. The van der Waals surface area contributed by atoms with Crippen LogP contribution >= 0.6 is 0 Å². The lowest BCUT2D eigenvalue weighted by atomic mass is 10.0. The van der Waals surface area contributed by atoms with Gasteiger partial charge in [0.2, 0.25) is 0 Å². The normalized spacial score (nSPS) is 20.8. The topological polar surface area (TPSA) is 82.9 Å². The van der Waals surface area contributed by atoms with Crippen LogP contribution in [0.4, 0.5) is 0 Å². The van der Waals surface area contributed by atoms with E-state index < -0.39 is 0 Å². The molecule has 1 aromatic carbocycles. The van der Waals surface area contributed by atoms with Crippen LogP contribution in [0.2, 0.25) is 0 Å². The number of pyridine rings is 1. The molecule has 1 aromatic heterocycles. The Morgan fingerprint density at radius 3 is 2.68 bits per heavy atom. The van der Waals surface area contributed by atoms with E-state index in [2.05, 4.69) is 11.1 Å². The van der Waals surface area contributed by atoms with Gasteiger partial charge < -0.3 is 10.8 Å². The summed E-state index contributed by atoms with van der Waals surface area (Å²) in [5.41, 5.74) is 8.78. The first-order valence-corrected chi connectivity index (χ1v) is 6.14. The SMILES string of the molecule is N#Cc1ccc(O)cc1-c1ccc([C@H]2C[C@@H]2N)cn1. The van der Waals surface area contributed by atoms with Crippen molar-refractivity contribution in [2.24, 2.45) is 5.73 Å². The summed E-state index contributed by atoms with van der Waals surface area (Å²) in [6.45, 7) is 0. The first-order valence-electron chi connectivity index (χ1n) is 6.14.